The number of rotatable bonds is 3. The van der Waals surface area contributed by atoms with E-state index in [1.165, 1.54) is 12.3 Å². The molecule has 0 bridgehead atoms. The van der Waals surface area contributed by atoms with Gasteiger partial charge in [-0.3, -0.25) is 0 Å². The molecule has 0 unspecified atom stereocenters. The molecular formula is C10H15N3O2. The summed E-state index contributed by atoms with van der Waals surface area (Å²) in [6.45, 7) is 4.00. The predicted octanol–water partition coefficient (Wildman–Crippen LogP) is 1.21. The number of aromatic nitrogens is 1. The summed E-state index contributed by atoms with van der Waals surface area (Å²) in [7, 11) is 1.86. The molecule has 1 aromatic rings. The number of carboxylic acid groups (broad SMARTS) is 1. The monoisotopic (exact) mass is 209 g/mol. The Morgan fingerprint density at radius 2 is 2.20 bits per heavy atom. The fourth-order valence-electron chi connectivity index (χ4n) is 1.10. The number of anilines is 2. The molecule has 0 atom stereocenters. The summed E-state index contributed by atoms with van der Waals surface area (Å²) in [5.74, 6) is -0.426. The summed E-state index contributed by atoms with van der Waals surface area (Å²) in [6, 6.07) is 1.74. The van der Waals surface area contributed by atoms with Crippen LogP contribution in [0.2, 0.25) is 0 Å². The van der Waals surface area contributed by atoms with E-state index in [-0.39, 0.29) is 17.3 Å². The smallest absolute Gasteiger partial charge is 0.337 e. The topological polar surface area (TPSA) is 79.5 Å². The van der Waals surface area contributed by atoms with Crippen molar-refractivity contribution in [1.29, 1.82) is 0 Å². The van der Waals surface area contributed by atoms with Crippen LogP contribution in [0.3, 0.4) is 0 Å². The molecule has 1 aromatic heterocycles. The number of pyridine rings is 1. The van der Waals surface area contributed by atoms with Crippen molar-refractivity contribution in [2.24, 2.45) is 0 Å². The molecule has 0 saturated heterocycles. The predicted molar refractivity (Wildman–Crippen MR) is 59.1 cm³/mol. The summed E-state index contributed by atoms with van der Waals surface area (Å²) in [5, 5.41) is 8.88. The largest absolute Gasteiger partial charge is 0.478 e. The summed E-state index contributed by atoms with van der Waals surface area (Å²) in [5.41, 5.74) is 5.78. The number of nitrogens with two attached hydrogens (primary N) is 1. The molecule has 0 amide bonds. The Hall–Kier alpha value is -1.78. The first kappa shape index (κ1) is 11.3. The molecule has 0 fully saturated rings. The van der Waals surface area contributed by atoms with Crippen LogP contribution in [0.5, 0.6) is 0 Å². The molecule has 0 aliphatic heterocycles. The summed E-state index contributed by atoms with van der Waals surface area (Å²) in [6.07, 6.45) is 1.37. The number of nitrogen functional groups attached to an aromatic ring is 1. The van der Waals surface area contributed by atoms with Crippen LogP contribution in [0, 0.1) is 0 Å². The highest BCUT2D eigenvalue weighted by Crippen LogP contribution is 2.18. The minimum atomic E-state index is -1.03. The lowest BCUT2D eigenvalue weighted by atomic mass is 10.2. The Morgan fingerprint density at radius 1 is 1.60 bits per heavy atom. The second-order valence-electron chi connectivity index (χ2n) is 3.64. The maximum absolute atomic E-state index is 10.8. The average molecular weight is 209 g/mol. The van der Waals surface area contributed by atoms with Crippen LogP contribution in [0.15, 0.2) is 12.3 Å². The van der Waals surface area contributed by atoms with Crippen LogP contribution < -0.4 is 10.6 Å². The van der Waals surface area contributed by atoms with Gasteiger partial charge in [0.05, 0.1) is 17.4 Å². The zero-order valence-corrected chi connectivity index (χ0v) is 9.06. The van der Waals surface area contributed by atoms with Gasteiger partial charge in [-0.05, 0) is 19.9 Å². The van der Waals surface area contributed by atoms with E-state index in [4.69, 9.17) is 10.8 Å². The Balaban J connectivity index is 3.13. The van der Waals surface area contributed by atoms with Crippen molar-refractivity contribution in [3.8, 4) is 0 Å². The van der Waals surface area contributed by atoms with Gasteiger partial charge in [0, 0.05) is 13.1 Å². The first-order valence-corrected chi connectivity index (χ1v) is 4.65. The number of nitrogens with zero attached hydrogens (tertiary/aromatic N) is 2. The lowest BCUT2D eigenvalue weighted by Crippen LogP contribution is -2.26. The molecule has 15 heavy (non-hydrogen) atoms. The molecule has 1 rings (SSSR count). The minimum Gasteiger partial charge on any atom is -0.478 e. The first-order valence-electron chi connectivity index (χ1n) is 4.65. The van der Waals surface area contributed by atoms with Gasteiger partial charge in [0.15, 0.2) is 0 Å². The van der Waals surface area contributed by atoms with E-state index in [2.05, 4.69) is 4.98 Å². The number of hydrogen-bond acceptors (Lipinski definition) is 4. The summed E-state index contributed by atoms with van der Waals surface area (Å²) in [4.78, 5) is 16.8. The van der Waals surface area contributed by atoms with Crippen LogP contribution in [0.1, 0.15) is 24.2 Å². The van der Waals surface area contributed by atoms with Crippen molar-refractivity contribution >= 4 is 17.5 Å². The molecule has 5 nitrogen and oxygen atoms in total. The summed E-state index contributed by atoms with van der Waals surface area (Å²) < 4.78 is 0. The third kappa shape index (κ3) is 2.37. The van der Waals surface area contributed by atoms with E-state index in [9.17, 15) is 4.79 Å². The molecule has 0 radical (unpaired) electrons. The normalized spacial score (nSPS) is 10.4. The van der Waals surface area contributed by atoms with E-state index in [1.54, 1.807) is 0 Å². The highest BCUT2D eigenvalue weighted by Gasteiger charge is 2.13. The van der Waals surface area contributed by atoms with E-state index in [1.807, 2.05) is 25.8 Å². The quantitative estimate of drug-likeness (QED) is 0.782. The molecular weight excluding hydrogens is 194 g/mol. The molecule has 1 heterocycles. The SMILES string of the molecule is CC(C)N(C)c1cc(C(=O)O)c(N)cn1. The zero-order valence-electron chi connectivity index (χ0n) is 9.06. The van der Waals surface area contributed by atoms with E-state index < -0.39 is 5.97 Å². The fraction of sp³-hybridized carbons (Fsp3) is 0.400. The highest BCUT2D eigenvalue weighted by molar-refractivity contribution is 5.94. The standard InChI is InChI=1S/C10H15N3O2/c1-6(2)13(3)9-4-7(10(14)15)8(11)5-12-9/h4-6H,11H2,1-3H3,(H,14,15). The average Bonchev–Trinajstić information content (AvgIpc) is 2.16. The van der Waals surface area contributed by atoms with Crippen LogP contribution in [0.4, 0.5) is 11.5 Å². The maximum Gasteiger partial charge on any atom is 0.337 e. The lowest BCUT2D eigenvalue weighted by Gasteiger charge is -2.22. The van der Waals surface area contributed by atoms with Crippen molar-refractivity contribution in [3.05, 3.63) is 17.8 Å². The molecule has 0 aliphatic rings. The van der Waals surface area contributed by atoms with Gasteiger partial charge < -0.3 is 15.7 Å². The molecule has 0 aliphatic carbocycles. The number of carbonyl (C=O) groups is 1. The van der Waals surface area contributed by atoms with Gasteiger partial charge >= 0.3 is 5.97 Å². The fourth-order valence-corrected chi connectivity index (χ4v) is 1.10. The first-order chi connectivity index (χ1) is 6.93. The second kappa shape index (κ2) is 4.16. The minimum absolute atomic E-state index is 0.0903. The Bertz CT molecular complexity index is 377. The molecule has 3 N–H and O–H groups in total. The Morgan fingerprint density at radius 3 is 2.67 bits per heavy atom. The van der Waals surface area contributed by atoms with Crippen molar-refractivity contribution in [2.45, 2.75) is 19.9 Å². The molecule has 0 saturated carbocycles. The van der Waals surface area contributed by atoms with Crippen molar-refractivity contribution in [2.75, 3.05) is 17.7 Å². The summed E-state index contributed by atoms with van der Waals surface area (Å²) >= 11 is 0. The van der Waals surface area contributed by atoms with E-state index in [0.717, 1.165) is 0 Å². The van der Waals surface area contributed by atoms with Gasteiger partial charge in [-0.15, -0.1) is 0 Å². The van der Waals surface area contributed by atoms with Gasteiger partial charge in [-0.2, -0.15) is 0 Å². The molecule has 5 heteroatoms. The Labute approximate surface area is 88.5 Å². The molecule has 0 spiro atoms. The van der Waals surface area contributed by atoms with Crippen LogP contribution in [0.25, 0.3) is 0 Å². The molecule has 82 valence electrons. The van der Waals surface area contributed by atoms with Crippen LogP contribution >= 0.6 is 0 Å². The van der Waals surface area contributed by atoms with E-state index >= 15 is 0 Å². The van der Waals surface area contributed by atoms with E-state index in [0.29, 0.717) is 5.82 Å². The van der Waals surface area contributed by atoms with Crippen LogP contribution in [-0.2, 0) is 0 Å². The second-order valence-corrected chi connectivity index (χ2v) is 3.64. The van der Waals surface area contributed by atoms with Gasteiger partial charge in [-0.25, -0.2) is 9.78 Å². The number of carboxylic acids is 1. The van der Waals surface area contributed by atoms with Gasteiger partial charge in [0.2, 0.25) is 0 Å². The Kier molecular flexibility index (Phi) is 3.14. The third-order valence-electron chi connectivity index (χ3n) is 2.29. The van der Waals surface area contributed by atoms with Crippen molar-refractivity contribution in [1.82, 2.24) is 4.98 Å². The van der Waals surface area contributed by atoms with Gasteiger partial charge in [0.1, 0.15) is 5.82 Å². The van der Waals surface area contributed by atoms with Gasteiger partial charge in [-0.1, -0.05) is 0 Å². The van der Waals surface area contributed by atoms with Crippen molar-refractivity contribution in [3.63, 3.8) is 0 Å². The maximum atomic E-state index is 10.8. The van der Waals surface area contributed by atoms with Gasteiger partial charge in [0.25, 0.3) is 0 Å². The lowest BCUT2D eigenvalue weighted by molar-refractivity contribution is 0.0698. The van der Waals surface area contributed by atoms with Crippen LogP contribution in [-0.4, -0.2) is 29.1 Å². The number of hydrogen-bond donors (Lipinski definition) is 2. The molecule has 0 aromatic carbocycles. The third-order valence-corrected chi connectivity index (χ3v) is 2.29. The highest BCUT2D eigenvalue weighted by atomic mass is 16.4. The number of aromatic carboxylic acids is 1. The van der Waals surface area contributed by atoms with Crippen molar-refractivity contribution < 1.29 is 9.90 Å². The zero-order chi connectivity index (χ0) is 11.6.